The fourth-order valence-corrected chi connectivity index (χ4v) is 7.14. The van der Waals surface area contributed by atoms with Crippen LogP contribution in [0.2, 0.25) is 0 Å². The van der Waals surface area contributed by atoms with Gasteiger partial charge in [0.05, 0.1) is 55.5 Å². The average Bonchev–Trinajstić information content (AvgIpc) is 3.81. The van der Waals surface area contributed by atoms with Gasteiger partial charge in [0.1, 0.15) is 0 Å². The maximum Gasteiger partial charge on any atom is 0.220 e. The first-order valence-electron chi connectivity index (χ1n) is 14.9. The molecule has 0 bridgehead atoms. The molecule has 10 aromatic rings. The van der Waals surface area contributed by atoms with E-state index in [4.69, 9.17) is 9.97 Å². The summed E-state index contributed by atoms with van der Waals surface area (Å²) in [5.74, 6) is 1.76. The smallest absolute Gasteiger partial charge is 0.220 e. The van der Waals surface area contributed by atoms with E-state index >= 15 is 0 Å². The lowest BCUT2D eigenvalue weighted by Crippen LogP contribution is -2.01. The molecule has 7 heteroatoms. The number of halogens is 1. The second-order valence-corrected chi connectivity index (χ2v) is 12.3. The van der Waals surface area contributed by atoms with Gasteiger partial charge < -0.3 is 0 Å². The molecule has 0 saturated heterocycles. The van der Waals surface area contributed by atoms with Crippen molar-refractivity contribution in [3.63, 3.8) is 0 Å². The lowest BCUT2D eigenvalue weighted by molar-refractivity contribution is 1.08. The van der Waals surface area contributed by atoms with Crippen LogP contribution in [-0.2, 0) is 0 Å². The Hall–Kier alpha value is -5.66. The van der Waals surface area contributed by atoms with Crippen molar-refractivity contribution in [2.24, 2.45) is 0 Å². The first-order chi connectivity index (χ1) is 22.2. The molecule has 0 aliphatic carbocycles. The van der Waals surface area contributed by atoms with Crippen LogP contribution < -0.4 is 0 Å². The third kappa shape index (κ3) is 3.50. The first-order valence-corrected chi connectivity index (χ1v) is 15.7. The Morgan fingerprint density at radius 3 is 1.31 bits per heavy atom. The Morgan fingerprint density at radius 2 is 0.822 bits per heavy atom. The van der Waals surface area contributed by atoms with Gasteiger partial charge >= 0.3 is 0 Å². The largest absolute Gasteiger partial charge is 0.278 e. The third-order valence-electron chi connectivity index (χ3n) is 8.81. The third-order valence-corrected chi connectivity index (χ3v) is 9.34. The highest BCUT2D eigenvalue weighted by atomic mass is 79.9. The standard InChI is InChI=1S/C38H23BrN6/c39-26-19-17-24(18-20-26)25-21-27(42-33-13-5-7-15-35(33)44-31-11-3-1-9-29(31)40-37(42)44)23-28(22-25)43-34-14-6-8-16-36(34)45-32-12-4-2-10-30(32)41-38(43)45/h1-23H. The molecule has 0 spiro atoms. The van der Waals surface area contributed by atoms with Crippen LogP contribution in [0.5, 0.6) is 0 Å². The highest BCUT2D eigenvalue weighted by Crippen LogP contribution is 2.36. The minimum Gasteiger partial charge on any atom is -0.278 e. The van der Waals surface area contributed by atoms with Gasteiger partial charge in [0, 0.05) is 4.47 Å². The molecule has 0 N–H and O–H groups in total. The summed E-state index contributed by atoms with van der Waals surface area (Å²) in [7, 11) is 0. The zero-order valence-electron chi connectivity index (χ0n) is 23.8. The van der Waals surface area contributed by atoms with Gasteiger partial charge in [0.25, 0.3) is 0 Å². The predicted molar refractivity (Wildman–Crippen MR) is 186 cm³/mol. The van der Waals surface area contributed by atoms with Gasteiger partial charge in [0.15, 0.2) is 0 Å². The van der Waals surface area contributed by atoms with Crippen molar-refractivity contribution >= 4 is 71.6 Å². The summed E-state index contributed by atoms with van der Waals surface area (Å²) in [6, 6.07) is 49.1. The molecule has 0 aliphatic heterocycles. The number of imidazole rings is 4. The van der Waals surface area contributed by atoms with E-state index < -0.39 is 0 Å². The zero-order valence-corrected chi connectivity index (χ0v) is 25.4. The van der Waals surface area contributed by atoms with Gasteiger partial charge in [-0.05, 0) is 90.0 Å². The van der Waals surface area contributed by atoms with E-state index in [1.807, 2.05) is 12.1 Å². The fourth-order valence-electron chi connectivity index (χ4n) is 6.87. The molecule has 0 aliphatic rings. The van der Waals surface area contributed by atoms with Crippen LogP contribution in [0.25, 0.3) is 78.2 Å². The van der Waals surface area contributed by atoms with Crippen molar-refractivity contribution in [3.8, 4) is 22.5 Å². The molecule has 10 rings (SSSR count). The van der Waals surface area contributed by atoms with Crippen LogP contribution in [0.15, 0.2) is 144 Å². The minimum atomic E-state index is 0.880. The average molecular weight is 644 g/mol. The summed E-state index contributed by atoms with van der Waals surface area (Å²) in [4.78, 5) is 10.3. The van der Waals surface area contributed by atoms with Crippen LogP contribution in [-0.4, -0.2) is 27.9 Å². The number of hydrogen-bond acceptors (Lipinski definition) is 2. The van der Waals surface area contributed by atoms with Crippen LogP contribution in [0.4, 0.5) is 0 Å². The second kappa shape index (κ2) is 9.17. The molecule has 6 nitrogen and oxygen atoms in total. The summed E-state index contributed by atoms with van der Waals surface area (Å²) >= 11 is 3.62. The van der Waals surface area contributed by atoms with Crippen molar-refractivity contribution in [2.75, 3.05) is 0 Å². The Morgan fingerprint density at radius 1 is 0.400 bits per heavy atom. The molecular weight excluding hydrogens is 620 g/mol. The number of benzene rings is 6. The van der Waals surface area contributed by atoms with E-state index in [1.54, 1.807) is 0 Å². The van der Waals surface area contributed by atoms with E-state index in [-0.39, 0.29) is 0 Å². The van der Waals surface area contributed by atoms with Gasteiger partial charge in [-0.15, -0.1) is 0 Å². The van der Waals surface area contributed by atoms with E-state index in [0.717, 1.165) is 82.7 Å². The Bertz CT molecular complexity index is 2610. The number of nitrogens with zero attached hydrogens (tertiary/aromatic N) is 6. The molecule has 0 unspecified atom stereocenters. The molecule has 0 saturated carbocycles. The van der Waals surface area contributed by atoms with Gasteiger partial charge in [-0.3, -0.25) is 17.9 Å². The first kappa shape index (κ1) is 24.7. The molecule has 0 amide bonds. The molecule has 0 radical (unpaired) electrons. The number of rotatable bonds is 3. The van der Waals surface area contributed by atoms with Gasteiger partial charge in [-0.25, -0.2) is 9.97 Å². The quantitative estimate of drug-likeness (QED) is 0.193. The van der Waals surface area contributed by atoms with Crippen molar-refractivity contribution in [1.29, 1.82) is 0 Å². The Kier molecular flexibility index (Phi) is 5.04. The van der Waals surface area contributed by atoms with E-state index in [1.165, 1.54) is 0 Å². The summed E-state index contributed by atoms with van der Waals surface area (Å²) < 4.78 is 10.1. The van der Waals surface area contributed by atoms with Crippen molar-refractivity contribution in [3.05, 3.63) is 144 Å². The van der Waals surface area contributed by atoms with Gasteiger partial charge in [-0.1, -0.05) is 76.6 Å². The van der Waals surface area contributed by atoms with Crippen LogP contribution in [0.1, 0.15) is 0 Å². The molecule has 4 heterocycles. The highest BCUT2D eigenvalue weighted by Gasteiger charge is 2.21. The molecular formula is C38H23BrN6. The molecule has 212 valence electrons. The summed E-state index contributed by atoms with van der Waals surface area (Å²) in [5.41, 5.74) is 12.8. The topological polar surface area (TPSA) is 44.5 Å². The van der Waals surface area contributed by atoms with Crippen molar-refractivity contribution in [1.82, 2.24) is 27.9 Å². The van der Waals surface area contributed by atoms with Crippen molar-refractivity contribution < 1.29 is 0 Å². The Balaban J connectivity index is 1.35. The normalized spacial score (nSPS) is 12.1. The van der Waals surface area contributed by atoms with E-state index in [9.17, 15) is 0 Å². The lowest BCUT2D eigenvalue weighted by Gasteiger charge is -2.14. The molecule has 0 atom stereocenters. The van der Waals surface area contributed by atoms with Crippen molar-refractivity contribution in [2.45, 2.75) is 0 Å². The number of hydrogen-bond donors (Lipinski definition) is 0. The zero-order chi connectivity index (χ0) is 29.6. The number of fused-ring (bicyclic) bond motifs is 10. The number of aromatic nitrogens is 6. The molecule has 4 aromatic heterocycles. The Labute approximate surface area is 265 Å². The predicted octanol–water partition coefficient (Wildman–Crippen LogP) is 9.61. The maximum absolute atomic E-state index is 5.16. The van der Waals surface area contributed by atoms with Crippen LogP contribution in [0, 0.1) is 0 Å². The molecule has 45 heavy (non-hydrogen) atoms. The lowest BCUT2D eigenvalue weighted by atomic mass is 10.0. The SMILES string of the molecule is Brc1ccc(-c2cc(-n3c4ccccc4n4c5ccccc5nc34)cc(-n3c4ccccc4n4c5ccccc5nc34)c2)cc1. The van der Waals surface area contributed by atoms with Crippen LogP contribution in [0.3, 0.4) is 0 Å². The van der Waals surface area contributed by atoms with E-state index in [0.29, 0.717) is 0 Å². The number of para-hydroxylation sites is 8. The van der Waals surface area contributed by atoms with Gasteiger partial charge in [0.2, 0.25) is 11.6 Å². The second-order valence-electron chi connectivity index (χ2n) is 11.4. The summed E-state index contributed by atoms with van der Waals surface area (Å²) in [6.07, 6.45) is 0. The highest BCUT2D eigenvalue weighted by molar-refractivity contribution is 9.10. The molecule has 6 aromatic carbocycles. The van der Waals surface area contributed by atoms with E-state index in [2.05, 4.69) is 161 Å². The fraction of sp³-hybridized carbons (Fsp3) is 0. The minimum absolute atomic E-state index is 0.880. The summed E-state index contributed by atoms with van der Waals surface area (Å²) in [6.45, 7) is 0. The monoisotopic (exact) mass is 642 g/mol. The summed E-state index contributed by atoms with van der Waals surface area (Å²) in [5, 5.41) is 0. The molecule has 0 fully saturated rings. The van der Waals surface area contributed by atoms with Crippen LogP contribution >= 0.6 is 15.9 Å². The maximum atomic E-state index is 5.16. The van der Waals surface area contributed by atoms with Gasteiger partial charge in [-0.2, -0.15) is 0 Å².